The third-order valence-electron chi connectivity index (χ3n) is 4.35. The molecule has 1 aromatic heterocycles. The van der Waals surface area contributed by atoms with Gasteiger partial charge in [-0.2, -0.15) is 0 Å². The molecule has 0 saturated carbocycles. The first-order valence-corrected chi connectivity index (χ1v) is 9.88. The Labute approximate surface area is 186 Å². The van der Waals surface area contributed by atoms with Gasteiger partial charge in [-0.1, -0.05) is 41.9 Å². The number of benzene rings is 3. The minimum absolute atomic E-state index is 0.0221. The van der Waals surface area contributed by atoms with E-state index in [9.17, 15) is 13.6 Å². The lowest BCUT2D eigenvalue weighted by molar-refractivity contribution is -0.119. The van der Waals surface area contributed by atoms with Crippen LogP contribution >= 0.6 is 23.8 Å². The Morgan fingerprint density at radius 1 is 1.06 bits per heavy atom. The van der Waals surface area contributed by atoms with Gasteiger partial charge in [-0.15, -0.1) is 0 Å². The molecule has 0 bridgehead atoms. The third-order valence-corrected chi connectivity index (χ3v) is 4.86. The lowest BCUT2D eigenvalue weighted by atomic mass is 10.1. The van der Waals surface area contributed by atoms with Gasteiger partial charge in [0.25, 0.3) is 0 Å². The quantitative estimate of drug-likeness (QED) is 0.313. The maximum absolute atomic E-state index is 13.6. The number of hydrogen-bond acceptors (Lipinski definition) is 4. The van der Waals surface area contributed by atoms with Crippen molar-refractivity contribution in [2.75, 3.05) is 5.32 Å². The van der Waals surface area contributed by atoms with Crippen LogP contribution in [0.4, 0.5) is 14.5 Å². The number of hydrogen-bond donors (Lipinski definition) is 2. The standard InChI is InChI=1S/C22H14ClF2N3O2S/c23-15-11-17(25)16(24)10-14(15)21-27-18-9-13(6-7-19(18)30-21)26-22(31)28-20(29)8-12-4-2-1-3-5-12/h1-7,9-11H,8H2,(H2,26,28,29,31). The lowest BCUT2D eigenvalue weighted by Gasteiger charge is -2.09. The van der Waals surface area contributed by atoms with Crippen LogP contribution in [0.25, 0.3) is 22.6 Å². The third kappa shape index (κ3) is 4.87. The molecule has 0 saturated heterocycles. The van der Waals surface area contributed by atoms with E-state index in [1.165, 1.54) is 0 Å². The number of halogens is 3. The van der Waals surface area contributed by atoms with Crippen molar-refractivity contribution < 1.29 is 18.0 Å². The molecule has 1 amide bonds. The van der Waals surface area contributed by atoms with Crippen molar-refractivity contribution >= 4 is 51.6 Å². The van der Waals surface area contributed by atoms with Crippen molar-refractivity contribution in [3.05, 3.63) is 82.9 Å². The molecule has 0 atom stereocenters. The van der Waals surface area contributed by atoms with E-state index in [0.717, 1.165) is 17.7 Å². The monoisotopic (exact) mass is 457 g/mol. The summed E-state index contributed by atoms with van der Waals surface area (Å²) in [5.74, 6) is -2.31. The summed E-state index contributed by atoms with van der Waals surface area (Å²) < 4.78 is 32.5. The number of nitrogens with zero attached hydrogens (tertiary/aromatic N) is 1. The van der Waals surface area contributed by atoms with Gasteiger partial charge in [0.2, 0.25) is 11.8 Å². The second-order valence-electron chi connectivity index (χ2n) is 6.61. The molecule has 0 fully saturated rings. The van der Waals surface area contributed by atoms with Crippen molar-refractivity contribution in [2.45, 2.75) is 6.42 Å². The minimum atomic E-state index is -1.06. The zero-order chi connectivity index (χ0) is 22.0. The predicted octanol–water partition coefficient (Wildman–Crippen LogP) is 5.48. The van der Waals surface area contributed by atoms with Gasteiger partial charge >= 0.3 is 0 Å². The summed E-state index contributed by atoms with van der Waals surface area (Å²) in [6.45, 7) is 0. The van der Waals surface area contributed by atoms with E-state index in [4.69, 9.17) is 28.2 Å². The molecule has 0 radical (unpaired) electrons. The fraction of sp³-hybridized carbons (Fsp3) is 0.0455. The highest BCUT2D eigenvalue weighted by Gasteiger charge is 2.16. The van der Waals surface area contributed by atoms with Crippen LogP contribution < -0.4 is 10.6 Å². The zero-order valence-electron chi connectivity index (χ0n) is 15.8. The van der Waals surface area contributed by atoms with Gasteiger partial charge < -0.3 is 15.1 Å². The van der Waals surface area contributed by atoms with Gasteiger partial charge in [0.1, 0.15) is 5.52 Å². The van der Waals surface area contributed by atoms with Crippen molar-refractivity contribution in [2.24, 2.45) is 0 Å². The largest absolute Gasteiger partial charge is 0.436 e. The number of aromatic nitrogens is 1. The molecule has 0 aliphatic carbocycles. The van der Waals surface area contributed by atoms with E-state index < -0.39 is 11.6 Å². The normalized spacial score (nSPS) is 10.8. The first-order chi connectivity index (χ1) is 14.9. The first-order valence-electron chi connectivity index (χ1n) is 9.09. The van der Waals surface area contributed by atoms with E-state index in [0.29, 0.717) is 16.8 Å². The highest BCUT2D eigenvalue weighted by atomic mass is 35.5. The van der Waals surface area contributed by atoms with Crippen molar-refractivity contribution in [3.8, 4) is 11.5 Å². The molecule has 9 heteroatoms. The number of fused-ring (bicyclic) bond motifs is 1. The second kappa shape index (κ2) is 8.79. The summed E-state index contributed by atoms with van der Waals surface area (Å²) >= 11 is 11.2. The van der Waals surface area contributed by atoms with Gasteiger partial charge in [0.05, 0.1) is 17.0 Å². The van der Waals surface area contributed by atoms with Gasteiger partial charge in [-0.05, 0) is 48.1 Å². The zero-order valence-corrected chi connectivity index (χ0v) is 17.4. The maximum atomic E-state index is 13.6. The Kier molecular flexibility index (Phi) is 5.92. The van der Waals surface area contributed by atoms with E-state index >= 15 is 0 Å². The molecule has 156 valence electrons. The summed E-state index contributed by atoms with van der Waals surface area (Å²) in [4.78, 5) is 16.4. The molecule has 3 aromatic carbocycles. The SMILES string of the molecule is O=C(Cc1ccccc1)NC(=S)Nc1ccc2oc(-c3cc(F)c(F)cc3Cl)nc2c1. The van der Waals surface area contributed by atoms with E-state index in [1.54, 1.807) is 18.2 Å². The lowest BCUT2D eigenvalue weighted by Crippen LogP contribution is -2.35. The first kappa shape index (κ1) is 20.9. The number of anilines is 1. The van der Waals surface area contributed by atoms with E-state index in [-0.39, 0.29) is 33.9 Å². The summed E-state index contributed by atoms with van der Waals surface area (Å²) in [6.07, 6.45) is 0.198. The molecular formula is C22H14ClF2N3O2S. The summed E-state index contributed by atoms with van der Waals surface area (Å²) in [5, 5.41) is 5.64. The van der Waals surface area contributed by atoms with Crippen LogP contribution in [0.3, 0.4) is 0 Å². The average molecular weight is 458 g/mol. The van der Waals surface area contributed by atoms with Gasteiger partial charge in [-0.25, -0.2) is 13.8 Å². The molecular weight excluding hydrogens is 444 g/mol. The van der Waals surface area contributed by atoms with Gasteiger partial charge in [-0.3, -0.25) is 4.79 Å². The summed E-state index contributed by atoms with van der Waals surface area (Å²) in [7, 11) is 0. The van der Waals surface area contributed by atoms with Crippen LogP contribution in [0.5, 0.6) is 0 Å². The van der Waals surface area contributed by atoms with Crippen LogP contribution in [0, 0.1) is 11.6 Å². The Morgan fingerprint density at radius 2 is 1.81 bits per heavy atom. The molecule has 0 spiro atoms. The fourth-order valence-corrected chi connectivity index (χ4v) is 3.38. The van der Waals surface area contributed by atoms with Crippen LogP contribution in [0.1, 0.15) is 5.56 Å². The van der Waals surface area contributed by atoms with Gasteiger partial charge in [0.15, 0.2) is 22.3 Å². The molecule has 5 nitrogen and oxygen atoms in total. The smallest absolute Gasteiger partial charge is 0.230 e. The Balaban J connectivity index is 1.47. The van der Waals surface area contributed by atoms with E-state index in [1.807, 2.05) is 30.3 Å². The molecule has 0 aliphatic rings. The minimum Gasteiger partial charge on any atom is -0.436 e. The molecule has 2 N–H and O–H groups in total. The number of carbonyl (C=O) groups is 1. The van der Waals surface area contributed by atoms with Gasteiger partial charge in [0, 0.05) is 5.69 Å². The Hall–Kier alpha value is -3.36. The van der Waals surface area contributed by atoms with Crippen molar-refractivity contribution in [1.29, 1.82) is 0 Å². The molecule has 31 heavy (non-hydrogen) atoms. The molecule has 0 unspecified atom stereocenters. The number of rotatable bonds is 4. The van der Waals surface area contributed by atoms with Crippen molar-refractivity contribution in [3.63, 3.8) is 0 Å². The summed E-state index contributed by atoms with van der Waals surface area (Å²) in [5.41, 5.74) is 2.43. The van der Waals surface area contributed by atoms with Crippen LogP contribution in [-0.2, 0) is 11.2 Å². The molecule has 1 heterocycles. The highest BCUT2D eigenvalue weighted by molar-refractivity contribution is 7.80. The highest BCUT2D eigenvalue weighted by Crippen LogP contribution is 2.32. The average Bonchev–Trinajstić information content (AvgIpc) is 3.14. The van der Waals surface area contributed by atoms with E-state index in [2.05, 4.69) is 15.6 Å². The van der Waals surface area contributed by atoms with Crippen LogP contribution in [-0.4, -0.2) is 16.0 Å². The predicted molar refractivity (Wildman–Crippen MR) is 119 cm³/mol. The molecule has 0 aliphatic heterocycles. The molecule has 4 aromatic rings. The fourth-order valence-electron chi connectivity index (χ4n) is 2.92. The number of thiocarbonyl (C=S) groups is 1. The van der Waals surface area contributed by atoms with Crippen LogP contribution in [0.2, 0.25) is 5.02 Å². The van der Waals surface area contributed by atoms with Crippen LogP contribution in [0.15, 0.2) is 65.1 Å². The Morgan fingerprint density at radius 3 is 2.58 bits per heavy atom. The Bertz CT molecular complexity index is 1290. The number of oxazole rings is 1. The topological polar surface area (TPSA) is 67.2 Å². The molecule has 4 rings (SSSR count). The number of carbonyl (C=O) groups excluding carboxylic acids is 1. The second-order valence-corrected chi connectivity index (χ2v) is 7.43. The van der Waals surface area contributed by atoms with Crippen molar-refractivity contribution in [1.82, 2.24) is 10.3 Å². The maximum Gasteiger partial charge on any atom is 0.230 e. The number of amides is 1. The number of nitrogens with one attached hydrogen (secondary N) is 2. The summed E-state index contributed by atoms with van der Waals surface area (Å²) in [6, 6.07) is 16.0.